The van der Waals surface area contributed by atoms with Crippen molar-refractivity contribution >= 4 is 17.3 Å². The maximum atomic E-state index is 13.6. The highest BCUT2D eigenvalue weighted by molar-refractivity contribution is 6.04. The zero-order valence-corrected chi connectivity index (χ0v) is 10.8. The summed E-state index contributed by atoms with van der Waals surface area (Å²) in [4.78, 5) is 12.0. The summed E-state index contributed by atoms with van der Waals surface area (Å²) >= 11 is 0. The molecule has 0 aliphatic carbocycles. The van der Waals surface area contributed by atoms with Crippen LogP contribution in [0.4, 0.5) is 15.8 Å². The van der Waals surface area contributed by atoms with Gasteiger partial charge in [-0.2, -0.15) is 5.26 Å². The van der Waals surface area contributed by atoms with Gasteiger partial charge >= 0.3 is 0 Å². The molecule has 0 aliphatic rings. The number of carbonyl (C=O) groups excluding carboxylic acids is 1. The van der Waals surface area contributed by atoms with Crippen molar-refractivity contribution in [3.63, 3.8) is 0 Å². The van der Waals surface area contributed by atoms with E-state index in [0.717, 1.165) is 0 Å². The minimum absolute atomic E-state index is 0.228. The molecular weight excluding hydrogens is 257 g/mol. The highest BCUT2D eigenvalue weighted by atomic mass is 19.1. The van der Waals surface area contributed by atoms with E-state index >= 15 is 0 Å². The Labute approximate surface area is 115 Å². The second-order valence-electron chi connectivity index (χ2n) is 4.09. The normalized spacial score (nSPS) is 9.65. The Bertz CT molecular complexity index is 675. The van der Waals surface area contributed by atoms with Crippen LogP contribution < -0.4 is 10.6 Å². The minimum Gasteiger partial charge on any atom is -0.386 e. The number of nitrogens with one attached hydrogen (secondary N) is 2. The lowest BCUT2D eigenvalue weighted by Crippen LogP contribution is -2.12. The van der Waals surface area contributed by atoms with Crippen LogP contribution >= 0.6 is 0 Å². The van der Waals surface area contributed by atoms with E-state index < -0.39 is 11.7 Å². The van der Waals surface area contributed by atoms with E-state index in [4.69, 9.17) is 5.26 Å². The van der Waals surface area contributed by atoms with Crippen molar-refractivity contribution in [2.45, 2.75) is 0 Å². The van der Waals surface area contributed by atoms with E-state index in [9.17, 15) is 9.18 Å². The summed E-state index contributed by atoms with van der Waals surface area (Å²) in [5, 5.41) is 14.0. The zero-order chi connectivity index (χ0) is 14.5. The molecule has 20 heavy (non-hydrogen) atoms. The van der Waals surface area contributed by atoms with E-state index in [1.54, 1.807) is 31.3 Å². The van der Waals surface area contributed by atoms with Gasteiger partial charge in [0.15, 0.2) is 0 Å². The molecule has 0 radical (unpaired) electrons. The fraction of sp³-hybridized carbons (Fsp3) is 0.0667. The molecule has 0 saturated heterocycles. The van der Waals surface area contributed by atoms with Crippen molar-refractivity contribution in [1.82, 2.24) is 0 Å². The van der Waals surface area contributed by atoms with Crippen LogP contribution in [0, 0.1) is 17.1 Å². The maximum Gasteiger partial charge on any atom is 0.255 e. The molecule has 0 saturated carbocycles. The number of rotatable bonds is 3. The van der Waals surface area contributed by atoms with Gasteiger partial charge in [0.25, 0.3) is 5.91 Å². The number of anilines is 2. The average molecular weight is 269 g/mol. The van der Waals surface area contributed by atoms with E-state index in [0.29, 0.717) is 16.9 Å². The van der Waals surface area contributed by atoms with Gasteiger partial charge in [-0.05, 0) is 42.5 Å². The summed E-state index contributed by atoms with van der Waals surface area (Å²) < 4.78 is 13.6. The monoisotopic (exact) mass is 269 g/mol. The van der Waals surface area contributed by atoms with Crippen molar-refractivity contribution in [3.8, 4) is 6.07 Å². The number of amides is 1. The fourth-order valence-corrected chi connectivity index (χ4v) is 1.69. The minimum atomic E-state index is -0.486. The molecule has 0 fully saturated rings. The molecule has 0 unspecified atom stereocenters. The molecule has 1 amide bonds. The molecule has 0 aromatic heterocycles. The number of carbonyl (C=O) groups is 1. The van der Waals surface area contributed by atoms with Gasteiger partial charge in [0, 0.05) is 18.3 Å². The lowest BCUT2D eigenvalue weighted by molar-refractivity contribution is 0.102. The highest BCUT2D eigenvalue weighted by Crippen LogP contribution is 2.16. The lowest BCUT2D eigenvalue weighted by atomic mass is 10.1. The van der Waals surface area contributed by atoms with Gasteiger partial charge in [-0.1, -0.05) is 0 Å². The average Bonchev–Trinajstić information content (AvgIpc) is 2.48. The summed E-state index contributed by atoms with van der Waals surface area (Å²) in [6.07, 6.45) is 0. The molecule has 5 heteroatoms. The topological polar surface area (TPSA) is 64.9 Å². The SMILES string of the molecule is CNc1ccc(C(=O)Nc2ccc(C#N)cc2)cc1F. The standard InChI is InChI=1S/C15H12FN3O/c1-18-14-7-4-11(8-13(14)16)15(20)19-12-5-2-10(9-17)3-6-12/h2-8,18H,1H3,(H,19,20). The van der Waals surface area contributed by atoms with Crippen molar-refractivity contribution in [2.24, 2.45) is 0 Å². The summed E-state index contributed by atoms with van der Waals surface area (Å²) in [5.74, 6) is -0.892. The molecule has 2 rings (SSSR count). The third-order valence-electron chi connectivity index (χ3n) is 2.77. The Morgan fingerprint density at radius 3 is 2.45 bits per heavy atom. The molecule has 100 valence electrons. The lowest BCUT2D eigenvalue weighted by Gasteiger charge is -2.07. The van der Waals surface area contributed by atoms with Crippen LogP contribution in [0.25, 0.3) is 0 Å². The number of nitriles is 1. The summed E-state index contributed by atoms with van der Waals surface area (Å²) in [6.45, 7) is 0. The second kappa shape index (κ2) is 5.85. The summed E-state index contributed by atoms with van der Waals surface area (Å²) in [6, 6.07) is 12.6. The van der Waals surface area contributed by atoms with Crippen molar-refractivity contribution < 1.29 is 9.18 Å². The number of benzene rings is 2. The summed E-state index contributed by atoms with van der Waals surface area (Å²) in [7, 11) is 1.61. The van der Waals surface area contributed by atoms with Gasteiger partial charge in [0.1, 0.15) is 5.82 Å². The van der Waals surface area contributed by atoms with Crippen LogP contribution in [0.15, 0.2) is 42.5 Å². The molecule has 4 nitrogen and oxygen atoms in total. The van der Waals surface area contributed by atoms with Crippen LogP contribution in [-0.4, -0.2) is 13.0 Å². The van der Waals surface area contributed by atoms with Crippen LogP contribution in [-0.2, 0) is 0 Å². The fourth-order valence-electron chi connectivity index (χ4n) is 1.69. The maximum absolute atomic E-state index is 13.6. The van der Waals surface area contributed by atoms with Gasteiger partial charge in [0.05, 0.1) is 17.3 Å². The molecule has 0 atom stereocenters. The highest BCUT2D eigenvalue weighted by Gasteiger charge is 2.09. The Morgan fingerprint density at radius 2 is 1.90 bits per heavy atom. The Kier molecular flexibility index (Phi) is 3.96. The third-order valence-corrected chi connectivity index (χ3v) is 2.77. The van der Waals surface area contributed by atoms with E-state index in [1.165, 1.54) is 18.2 Å². The smallest absolute Gasteiger partial charge is 0.255 e. The zero-order valence-electron chi connectivity index (χ0n) is 10.8. The predicted molar refractivity (Wildman–Crippen MR) is 75.1 cm³/mol. The van der Waals surface area contributed by atoms with Crippen LogP contribution in [0.3, 0.4) is 0 Å². The molecule has 0 heterocycles. The first-order valence-electron chi connectivity index (χ1n) is 5.93. The third kappa shape index (κ3) is 2.93. The van der Waals surface area contributed by atoms with Crippen LogP contribution in [0.2, 0.25) is 0 Å². The molecule has 0 spiro atoms. The molecular formula is C15H12FN3O. The first-order chi connectivity index (χ1) is 9.63. The van der Waals surface area contributed by atoms with E-state index in [2.05, 4.69) is 10.6 Å². The van der Waals surface area contributed by atoms with Crippen LogP contribution in [0.1, 0.15) is 15.9 Å². The molecule has 0 bridgehead atoms. The van der Waals surface area contributed by atoms with E-state index in [-0.39, 0.29) is 5.56 Å². The Hall–Kier alpha value is -2.87. The molecule has 2 aromatic carbocycles. The summed E-state index contributed by atoms with van der Waals surface area (Å²) in [5.41, 5.74) is 1.62. The number of nitrogens with zero attached hydrogens (tertiary/aromatic N) is 1. The van der Waals surface area contributed by atoms with E-state index in [1.807, 2.05) is 6.07 Å². The number of halogens is 1. The first-order valence-corrected chi connectivity index (χ1v) is 5.93. The van der Waals surface area contributed by atoms with Gasteiger partial charge in [-0.3, -0.25) is 4.79 Å². The molecule has 2 aromatic rings. The van der Waals surface area contributed by atoms with Gasteiger partial charge in [0.2, 0.25) is 0 Å². The Morgan fingerprint density at radius 1 is 1.20 bits per heavy atom. The van der Waals surface area contributed by atoms with Crippen molar-refractivity contribution in [3.05, 3.63) is 59.4 Å². The first kappa shape index (κ1) is 13.6. The number of hydrogen-bond acceptors (Lipinski definition) is 3. The largest absolute Gasteiger partial charge is 0.386 e. The molecule has 0 aliphatic heterocycles. The molecule has 2 N–H and O–H groups in total. The quantitative estimate of drug-likeness (QED) is 0.900. The van der Waals surface area contributed by atoms with Crippen molar-refractivity contribution in [1.29, 1.82) is 5.26 Å². The number of hydrogen-bond donors (Lipinski definition) is 2. The second-order valence-corrected chi connectivity index (χ2v) is 4.09. The van der Waals surface area contributed by atoms with Gasteiger partial charge < -0.3 is 10.6 Å². The predicted octanol–water partition coefficient (Wildman–Crippen LogP) is 2.99. The van der Waals surface area contributed by atoms with Gasteiger partial charge in [-0.15, -0.1) is 0 Å². The van der Waals surface area contributed by atoms with Gasteiger partial charge in [-0.25, -0.2) is 4.39 Å². The van der Waals surface area contributed by atoms with Crippen LogP contribution in [0.5, 0.6) is 0 Å². The Balaban J connectivity index is 2.15. The van der Waals surface area contributed by atoms with Crippen molar-refractivity contribution in [2.75, 3.05) is 17.7 Å².